The van der Waals surface area contributed by atoms with Gasteiger partial charge in [0, 0.05) is 47.2 Å². The summed E-state index contributed by atoms with van der Waals surface area (Å²) in [6, 6.07) is 8.90. The smallest absolute Gasteiger partial charge is 0.0446 e. The summed E-state index contributed by atoms with van der Waals surface area (Å²) in [7, 11) is 0. The van der Waals surface area contributed by atoms with Crippen LogP contribution in [0.2, 0.25) is 5.02 Å². The molecule has 1 aliphatic carbocycles. The van der Waals surface area contributed by atoms with Crippen molar-refractivity contribution < 1.29 is 0 Å². The first-order valence-electron chi connectivity index (χ1n) is 9.39. The Morgan fingerprint density at radius 3 is 2.69 bits per heavy atom. The normalized spacial score (nSPS) is 27.8. The fourth-order valence-electron chi connectivity index (χ4n) is 4.17. The summed E-state index contributed by atoms with van der Waals surface area (Å²) >= 11 is 12.4. The Bertz CT molecular complexity index is 707. The predicted molar refractivity (Wildman–Crippen MR) is 113 cm³/mol. The van der Waals surface area contributed by atoms with E-state index < -0.39 is 0 Å². The molecule has 3 rings (SSSR count). The average Bonchev–Trinajstić information content (AvgIpc) is 2.66. The van der Waals surface area contributed by atoms with Crippen molar-refractivity contribution in [1.82, 2.24) is 10.2 Å². The van der Waals surface area contributed by atoms with Crippen molar-refractivity contribution in [3.8, 4) is 0 Å². The van der Waals surface area contributed by atoms with E-state index in [0.717, 1.165) is 42.5 Å². The summed E-state index contributed by atoms with van der Waals surface area (Å²) in [6.45, 7) is 11.8. The van der Waals surface area contributed by atoms with Crippen molar-refractivity contribution in [2.24, 2.45) is 5.41 Å². The van der Waals surface area contributed by atoms with E-state index in [4.69, 9.17) is 23.2 Å². The van der Waals surface area contributed by atoms with Crippen LogP contribution in [0.4, 0.5) is 0 Å². The van der Waals surface area contributed by atoms with Crippen molar-refractivity contribution >= 4 is 23.2 Å². The van der Waals surface area contributed by atoms with Crippen molar-refractivity contribution in [1.29, 1.82) is 0 Å². The summed E-state index contributed by atoms with van der Waals surface area (Å²) in [5.74, 6) is 0. The van der Waals surface area contributed by atoms with Gasteiger partial charge in [-0.05, 0) is 36.6 Å². The number of rotatable bonds is 5. The van der Waals surface area contributed by atoms with Gasteiger partial charge in [0.15, 0.2) is 0 Å². The molecule has 0 saturated carbocycles. The van der Waals surface area contributed by atoms with Crippen LogP contribution in [0, 0.1) is 5.41 Å². The van der Waals surface area contributed by atoms with Gasteiger partial charge < -0.3 is 5.32 Å². The molecule has 2 nitrogen and oxygen atoms in total. The summed E-state index contributed by atoms with van der Waals surface area (Å²) in [4.78, 5) is 2.63. The van der Waals surface area contributed by atoms with Gasteiger partial charge in [-0.15, -0.1) is 0 Å². The first kappa shape index (κ1) is 19.7. The van der Waals surface area contributed by atoms with E-state index >= 15 is 0 Å². The molecule has 1 heterocycles. The van der Waals surface area contributed by atoms with Crippen LogP contribution in [0.15, 0.2) is 59.7 Å². The fraction of sp³-hybridized carbons (Fsp3) is 0.455. The molecule has 0 radical (unpaired) electrons. The minimum absolute atomic E-state index is 0.0319. The maximum atomic E-state index is 6.22. The van der Waals surface area contributed by atoms with Crippen molar-refractivity contribution in [3.63, 3.8) is 0 Å². The van der Waals surface area contributed by atoms with E-state index in [1.807, 2.05) is 18.2 Å². The van der Waals surface area contributed by atoms with E-state index in [1.54, 1.807) is 0 Å². The van der Waals surface area contributed by atoms with Gasteiger partial charge in [0.05, 0.1) is 0 Å². The van der Waals surface area contributed by atoms with E-state index in [-0.39, 0.29) is 11.5 Å². The van der Waals surface area contributed by atoms with Gasteiger partial charge >= 0.3 is 0 Å². The van der Waals surface area contributed by atoms with Crippen LogP contribution in [0.25, 0.3) is 0 Å². The molecule has 1 aromatic carbocycles. The summed E-state index contributed by atoms with van der Waals surface area (Å²) in [5.41, 5.74) is 2.55. The van der Waals surface area contributed by atoms with Crippen LogP contribution >= 0.6 is 23.2 Å². The Labute approximate surface area is 167 Å². The van der Waals surface area contributed by atoms with Crippen LogP contribution in [0.3, 0.4) is 0 Å². The standard InChI is InChI=1S/C22H28Cl2N2/c1-4-16(2)20-15-25-13-14-26(20)21(17-5-7-18(23)8-6-17)22(3)11-9-19(24)10-12-22/h5-11,20-21,25H,2,4,12-15H2,1,3H3. The molecule has 3 unspecified atom stereocenters. The average molecular weight is 391 g/mol. The highest BCUT2D eigenvalue weighted by molar-refractivity contribution is 6.31. The zero-order valence-electron chi connectivity index (χ0n) is 15.6. The maximum absolute atomic E-state index is 6.22. The Balaban J connectivity index is 2.03. The number of hydrogen-bond donors (Lipinski definition) is 1. The topological polar surface area (TPSA) is 15.3 Å². The number of piperazine rings is 1. The van der Waals surface area contributed by atoms with Gasteiger partial charge in [-0.1, -0.05) is 73.5 Å². The molecule has 1 fully saturated rings. The molecular weight excluding hydrogens is 363 g/mol. The Kier molecular flexibility index (Phi) is 6.29. The molecule has 140 valence electrons. The molecular formula is C22H28Cl2N2. The molecule has 0 bridgehead atoms. The van der Waals surface area contributed by atoms with Crippen LogP contribution < -0.4 is 5.32 Å². The third-order valence-electron chi connectivity index (χ3n) is 5.71. The molecule has 3 atom stereocenters. The van der Waals surface area contributed by atoms with Gasteiger partial charge in [-0.3, -0.25) is 4.90 Å². The quantitative estimate of drug-likeness (QED) is 0.647. The molecule has 1 saturated heterocycles. The lowest BCUT2D eigenvalue weighted by atomic mass is 9.72. The van der Waals surface area contributed by atoms with Crippen molar-refractivity contribution in [3.05, 3.63) is 70.3 Å². The van der Waals surface area contributed by atoms with E-state index in [9.17, 15) is 0 Å². The van der Waals surface area contributed by atoms with Crippen molar-refractivity contribution in [2.45, 2.75) is 38.8 Å². The van der Waals surface area contributed by atoms with Crippen LogP contribution in [0.1, 0.15) is 38.3 Å². The third kappa shape index (κ3) is 4.09. The molecule has 4 heteroatoms. The number of allylic oxidation sites excluding steroid dienone is 3. The second-order valence-electron chi connectivity index (χ2n) is 7.56. The Morgan fingerprint density at radius 1 is 1.35 bits per heavy atom. The number of nitrogens with zero attached hydrogens (tertiary/aromatic N) is 1. The molecule has 1 aliphatic heterocycles. The Hall–Kier alpha value is -1.06. The third-order valence-corrected chi connectivity index (χ3v) is 6.24. The minimum atomic E-state index is -0.0319. The highest BCUT2D eigenvalue weighted by Crippen LogP contribution is 2.47. The number of hydrogen-bond acceptors (Lipinski definition) is 2. The van der Waals surface area contributed by atoms with Gasteiger partial charge in [0.2, 0.25) is 0 Å². The second-order valence-corrected chi connectivity index (χ2v) is 8.43. The number of benzene rings is 1. The fourth-order valence-corrected chi connectivity index (χ4v) is 4.43. The summed E-state index contributed by atoms with van der Waals surface area (Å²) in [6.07, 6.45) is 8.37. The lowest BCUT2D eigenvalue weighted by Gasteiger charge is -2.49. The lowest BCUT2D eigenvalue weighted by Crippen LogP contribution is -2.55. The summed E-state index contributed by atoms with van der Waals surface area (Å²) in [5, 5.41) is 5.14. The van der Waals surface area contributed by atoms with Crippen molar-refractivity contribution in [2.75, 3.05) is 19.6 Å². The first-order chi connectivity index (χ1) is 12.4. The summed E-state index contributed by atoms with van der Waals surface area (Å²) < 4.78 is 0. The SMILES string of the molecule is C=C(CC)C1CNCCN1C(c1ccc(Cl)cc1)C1(C)C=CC(Cl)=CC1. The van der Waals surface area contributed by atoms with Gasteiger partial charge in [0.1, 0.15) is 0 Å². The largest absolute Gasteiger partial charge is 0.314 e. The first-order valence-corrected chi connectivity index (χ1v) is 10.1. The van der Waals surface area contributed by atoms with E-state index in [1.165, 1.54) is 11.1 Å². The molecule has 1 N–H and O–H groups in total. The van der Waals surface area contributed by atoms with Gasteiger partial charge in [-0.2, -0.15) is 0 Å². The van der Waals surface area contributed by atoms with E-state index in [0.29, 0.717) is 6.04 Å². The monoisotopic (exact) mass is 390 g/mol. The number of halogens is 2. The molecule has 0 spiro atoms. The highest BCUT2D eigenvalue weighted by Gasteiger charge is 2.41. The van der Waals surface area contributed by atoms with Gasteiger partial charge in [-0.25, -0.2) is 0 Å². The lowest BCUT2D eigenvalue weighted by molar-refractivity contribution is 0.0591. The molecule has 2 aliphatic rings. The molecule has 26 heavy (non-hydrogen) atoms. The van der Waals surface area contributed by atoms with Crippen LogP contribution in [-0.4, -0.2) is 30.6 Å². The minimum Gasteiger partial charge on any atom is -0.314 e. The van der Waals surface area contributed by atoms with Gasteiger partial charge in [0.25, 0.3) is 0 Å². The molecule has 0 aromatic heterocycles. The van der Waals surface area contributed by atoms with Crippen LogP contribution in [-0.2, 0) is 0 Å². The zero-order chi connectivity index (χ0) is 18.7. The maximum Gasteiger partial charge on any atom is 0.0446 e. The van der Waals surface area contributed by atoms with E-state index in [2.05, 4.69) is 54.9 Å². The number of nitrogens with one attached hydrogen (secondary N) is 1. The predicted octanol–water partition coefficient (Wildman–Crippen LogP) is 5.71. The van der Waals surface area contributed by atoms with Crippen LogP contribution in [0.5, 0.6) is 0 Å². The molecule has 0 amide bonds. The second kappa shape index (κ2) is 8.31. The molecule has 1 aromatic rings. The Morgan fingerprint density at radius 2 is 2.08 bits per heavy atom. The zero-order valence-corrected chi connectivity index (χ0v) is 17.2. The highest BCUT2D eigenvalue weighted by atomic mass is 35.5.